The van der Waals surface area contributed by atoms with E-state index in [0.29, 0.717) is 23.0 Å². The summed E-state index contributed by atoms with van der Waals surface area (Å²) in [5.74, 6) is 0.542. The van der Waals surface area contributed by atoms with Gasteiger partial charge < -0.3 is 15.1 Å². The van der Waals surface area contributed by atoms with Gasteiger partial charge in [0.2, 0.25) is 5.95 Å². The number of nitrogens with zero attached hydrogens (tertiary/aromatic N) is 5. The Balaban J connectivity index is 1.69. The first-order valence-corrected chi connectivity index (χ1v) is 9.36. The van der Waals surface area contributed by atoms with Crippen molar-refractivity contribution in [1.82, 2.24) is 29.5 Å². The van der Waals surface area contributed by atoms with Crippen molar-refractivity contribution in [2.75, 3.05) is 45.6 Å². The molecule has 0 aliphatic carbocycles. The van der Waals surface area contributed by atoms with Crippen molar-refractivity contribution in [3.05, 3.63) is 16.6 Å². The maximum absolute atomic E-state index is 12.4. The van der Waals surface area contributed by atoms with Crippen molar-refractivity contribution in [3.8, 4) is 0 Å². The second-order valence-corrected chi connectivity index (χ2v) is 8.44. The Bertz CT molecular complexity index is 794. The molecule has 0 aromatic carbocycles. The molecule has 0 radical (unpaired) electrons. The van der Waals surface area contributed by atoms with Gasteiger partial charge in [-0.25, -0.2) is 4.68 Å². The summed E-state index contributed by atoms with van der Waals surface area (Å²) in [6.45, 7) is 10.5. The molecule has 1 aliphatic heterocycles. The standard InChI is InChI=1S/C18H31N7O/c1-18(2,3)25-15-14(12-19-25)16(26)22-17(21-15)20-13-6-8-24(9-7-13)11-10-23(4)5/h12-13H,6-11H2,1-5H3,(H2,20,21,22,26). The minimum absolute atomic E-state index is 0.142. The van der Waals surface area contributed by atoms with E-state index in [1.54, 1.807) is 6.20 Å². The van der Waals surface area contributed by atoms with Gasteiger partial charge in [-0.2, -0.15) is 10.1 Å². The van der Waals surface area contributed by atoms with Crippen LogP contribution in [0, 0.1) is 0 Å². The predicted molar refractivity (Wildman–Crippen MR) is 105 cm³/mol. The smallest absolute Gasteiger partial charge is 0.263 e. The largest absolute Gasteiger partial charge is 0.353 e. The van der Waals surface area contributed by atoms with Gasteiger partial charge in [0.25, 0.3) is 5.56 Å². The lowest BCUT2D eigenvalue weighted by molar-refractivity contribution is 0.199. The molecule has 26 heavy (non-hydrogen) atoms. The summed E-state index contributed by atoms with van der Waals surface area (Å²) in [6, 6.07) is 0.331. The molecular formula is C18H31N7O. The number of aromatic amines is 1. The molecule has 144 valence electrons. The molecule has 1 saturated heterocycles. The molecule has 2 N–H and O–H groups in total. The summed E-state index contributed by atoms with van der Waals surface area (Å²) in [6.07, 6.45) is 3.70. The second-order valence-electron chi connectivity index (χ2n) is 8.44. The number of anilines is 1. The van der Waals surface area contributed by atoms with Crippen LogP contribution in [0.15, 0.2) is 11.0 Å². The van der Waals surface area contributed by atoms with Gasteiger partial charge in [0, 0.05) is 32.2 Å². The number of H-pyrrole nitrogens is 1. The van der Waals surface area contributed by atoms with E-state index in [0.717, 1.165) is 39.0 Å². The van der Waals surface area contributed by atoms with Gasteiger partial charge in [-0.05, 0) is 47.7 Å². The highest BCUT2D eigenvalue weighted by molar-refractivity contribution is 5.74. The van der Waals surface area contributed by atoms with Gasteiger partial charge in [0.05, 0.1) is 11.7 Å². The van der Waals surface area contributed by atoms with Gasteiger partial charge in [0.15, 0.2) is 5.65 Å². The number of likely N-dealkylation sites (tertiary alicyclic amines) is 1. The first kappa shape index (κ1) is 18.8. The minimum atomic E-state index is -0.225. The zero-order valence-corrected chi connectivity index (χ0v) is 16.5. The topological polar surface area (TPSA) is 82.1 Å². The summed E-state index contributed by atoms with van der Waals surface area (Å²) in [7, 11) is 4.21. The molecule has 0 saturated carbocycles. The lowest BCUT2D eigenvalue weighted by Gasteiger charge is -2.33. The van der Waals surface area contributed by atoms with Crippen LogP contribution in [0.25, 0.3) is 11.0 Å². The van der Waals surface area contributed by atoms with Crippen molar-refractivity contribution in [1.29, 1.82) is 0 Å². The molecule has 3 rings (SSSR count). The highest BCUT2D eigenvalue weighted by Crippen LogP contribution is 2.20. The molecule has 1 aliphatic rings. The summed E-state index contributed by atoms with van der Waals surface area (Å²) in [5.41, 5.74) is 0.265. The highest BCUT2D eigenvalue weighted by Gasteiger charge is 2.22. The van der Waals surface area contributed by atoms with Crippen LogP contribution in [0.2, 0.25) is 0 Å². The molecule has 8 heteroatoms. The van der Waals surface area contributed by atoms with E-state index in [4.69, 9.17) is 0 Å². The van der Waals surface area contributed by atoms with Crippen LogP contribution in [0.3, 0.4) is 0 Å². The van der Waals surface area contributed by atoms with E-state index in [1.807, 2.05) is 4.68 Å². The van der Waals surface area contributed by atoms with Gasteiger partial charge in [-0.3, -0.25) is 9.78 Å². The maximum Gasteiger partial charge on any atom is 0.263 e. The number of hydrogen-bond acceptors (Lipinski definition) is 6. The third-order valence-electron chi connectivity index (χ3n) is 4.87. The Morgan fingerprint density at radius 1 is 1.31 bits per heavy atom. The van der Waals surface area contributed by atoms with E-state index in [9.17, 15) is 4.79 Å². The quantitative estimate of drug-likeness (QED) is 0.836. The monoisotopic (exact) mass is 361 g/mol. The summed E-state index contributed by atoms with van der Waals surface area (Å²) in [4.78, 5) is 24.6. The van der Waals surface area contributed by atoms with Crippen molar-refractivity contribution < 1.29 is 0 Å². The molecule has 1 fully saturated rings. The van der Waals surface area contributed by atoms with Crippen LogP contribution in [0.1, 0.15) is 33.6 Å². The maximum atomic E-state index is 12.4. The van der Waals surface area contributed by atoms with Crippen LogP contribution >= 0.6 is 0 Å². The molecular weight excluding hydrogens is 330 g/mol. The number of rotatable bonds is 5. The predicted octanol–water partition coefficient (Wildman–Crippen LogP) is 1.31. The number of aromatic nitrogens is 4. The second kappa shape index (κ2) is 7.36. The number of likely N-dealkylation sites (N-methyl/N-ethyl adjacent to an activating group) is 1. The van der Waals surface area contributed by atoms with Crippen LogP contribution in [-0.2, 0) is 5.54 Å². The first-order valence-electron chi connectivity index (χ1n) is 9.36. The Kier molecular flexibility index (Phi) is 5.34. The SMILES string of the molecule is CN(C)CCN1CCC(Nc2nc3c(cnn3C(C)(C)C)c(=O)[nH]2)CC1. The number of hydrogen-bond donors (Lipinski definition) is 2. The highest BCUT2D eigenvalue weighted by atomic mass is 16.1. The fraction of sp³-hybridized carbons (Fsp3) is 0.722. The fourth-order valence-electron chi connectivity index (χ4n) is 3.31. The normalized spacial score (nSPS) is 17.3. The van der Waals surface area contributed by atoms with Crippen molar-refractivity contribution in [3.63, 3.8) is 0 Å². The van der Waals surface area contributed by atoms with E-state index in [1.165, 1.54) is 0 Å². The number of nitrogens with one attached hydrogen (secondary N) is 2. The average molecular weight is 361 g/mol. The Morgan fingerprint density at radius 3 is 2.62 bits per heavy atom. The van der Waals surface area contributed by atoms with E-state index < -0.39 is 0 Å². The zero-order valence-electron chi connectivity index (χ0n) is 16.5. The third kappa shape index (κ3) is 4.24. The van der Waals surface area contributed by atoms with E-state index >= 15 is 0 Å². The fourth-order valence-corrected chi connectivity index (χ4v) is 3.31. The van der Waals surface area contributed by atoms with Crippen molar-refractivity contribution >= 4 is 17.0 Å². The molecule has 0 unspecified atom stereocenters. The lowest BCUT2D eigenvalue weighted by Crippen LogP contribution is -2.42. The molecule has 2 aromatic rings. The Hall–Kier alpha value is -1.93. The summed E-state index contributed by atoms with van der Waals surface area (Å²) < 4.78 is 1.81. The van der Waals surface area contributed by atoms with Gasteiger partial charge in [0.1, 0.15) is 5.39 Å². The minimum Gasteiger partial charge on any atom is -0.353 e. The van der Waals surface area contributed by atoms with Crippen molar-refractivity contribution in [2.24, 2.45) is 0 Å². The molecule has 0 spiro atoms. The number of piperidine rings is 1. The molecule has 0 amide bonds. The summed E-state index contributed by atoms with van der Waals surface area (Å²) >= 11 is 0. The van der Waals surface area contributed by atoms with Crippen molar-refractivity contribution in [2.45, 2.75) is 45.2 Å². The Labute approximate surface area is 154 Å². The van der Waals surface area contributed by atoms with Crippen LogP contribution in [0.5, 0.6) is 0 Å². The number of fused-ring (bicyclic) bond motifs is 1. The van der Waals surface area contributed by atoms with E-state index in [-0.39, 0.29) is 11.1 Å². The average Bonchev–Trinajstić information content (AvgIpc) is 2.99. The molecule has 0 bridgehead atoms. The molecule has 3 heterocycles. The molecule has 8 nitrogen and oxygen atoms in total. The first-order chi connectivity index (χ1) is 12.2. The van der Waals surface area contributed by atoms with Crippen LogP contribution < -0.4 is 10.9 Å². The van der Waals surface area contributed by atoms with Gasteiger partial charge in [-0.1, -0.05) is 0 Å². The zero-order chi connectivity index (χ0) is 18.9. The van der Waals surface area contributed by atoms with Gasteiger partial charge >= 0.3 is 0 Å². The van der Waals surface area contributed by atoms with E-state index in [2.05, 4.69) is 65.0 Å². The lowest BCUT2D eigenvalue weighted by atomic mass is 10.1. The third-order valence-corrected chi connectivity index (χ3v) is 4.87. The molecule has 2 aromatic heterocycles. The van der Waals surface area contributed by atoms with Gasteiger partial charge in [-0.15, -0.1) is 0 Å². The molecule has 0 atom stereocenters. The Morgan fingerprint density at radius 2 is 2.00 bits per heavy atom. The van der Waals surface area contributed by atoms with Crippen LogP contribution in [-0.4, -0.2) is 75.9 Å². The summed E-state index contributed by atoms with van der Waals surface area (Å²) in [5, 5.41) is 8.31. The van der Waals surface area contributed by atoms with Crippen LogP contribution in [0.4, 0.5) is 5.95 Å².